The van der Waals surface area contributed by atoms with Gasteiger partial charge in [-0.15, -0.1) is 10.2 Å². The lowest BCUT2D eigenvalue weighted by atomic mass is 10.1. The van der Waals surface area contributed by atoms with Gasteiger partial charge >= 0.3 is 0 Å². The number of hydrogen-bond acceptors (Lipinski definition) is 5. The first-order chi connectivity index (χ1) is 12.5. The number of carbonyl (C=O) groups excluding carboxylic acids is 1. The number of ether oxygens (including phenoxy) is 1. The number of methoxy groups -OCH3 is 1. The van der Waals surface area contributed by atoms with Gasteiger partial charge in [0.05, 0.1) is 17.2 Å². The summed E-state index contributed by atoms with van der Waals surface area (Å²) in [6.07, 6.45) is 0. The van der Waals surface area contributed by atoms with E-state index in [1.807, 2.05) is 30.3 Å². The van der Waals surface area contributed by atoms with Gasteiger partial charge in [0.2, 0.25) is 11.8 Å². The summed E-state index contributed by atoms with van der Waals surface area (Å²) in [5.74, 6) is 0.386. The van der Waals surface area contributed by atoms with E-state index in [9.17, 15) is 4.79 Å². The van der Waals surface area contributed by atoms with Crippen LogP contribution in [-0.4, -0.2) is 23.2 Å². The topological polar surface area (TPSA) is 77.2 Å². The maximum absolute atomic E-state index is 12.9. The minimum Gasteiger partial charge on any atom is -0.494 e. The fourth-order valence-corrected chi connectivity index (χ4v) is 2.98. The first kappa shape index (κ1) is 18.2. The molecule has 0 fully saturated rings. The fraction of sp³-hybridized carbons (Fsp3) is 0.167. The highest BCUT2D eigenvalue weighted by atomic mass is 35.5. The molecule has 0 spiro atoms. The molecule has 26 heavy (non-hydrogen) atoms. The van der Waals surface area contributed by atoms with Crippen molar-refractivity contribution >= 4 is 29.1 Å². The zero-order valence-corrected chi connectivity index (χ0v) is 15.5. The van der Waals surface area contributed by atoms with Crippen LogP contribution in [0, 0.1) is 6.92 Å². The number of nitrogens with one attached hydrogen (secondary N) is 1. The van der Waals surface area contributed by atoms with Crippen molar-refractivity contribution in [3.05, 3.63) is 75.4 Å². The first-order valence-corrected chi connectivity index (χ1v) is 8.44. The Hall–Kier alpha value is -2.57. The van der Waals surface area contributed by atoms with E-state index in [0.717, 1.165) is 5.56 Å². The third-order valence-electron chi connectivity index (χ3n) is 3.69. The highest BCUT2D eigenvalue weighted by Gasteiger charge is 2.26. The fourth-order valence-electron chi connectivity index (χ4n) is 2.51. The van der Waals surface area contributed by atoms with E-state index in [2.05, 4.69) is 15.5 Å². The Kier molecular flexibility index (Phi) is 5.44. The molecule has 1 heterocycles. The maximum Gasteiger partial charge on any atom is 0.257 e. The molecule has 0 saturated heterocycles. The van der Waals surface area contributed by atoms with Crippen molar-refractivity contribution in [2.75, 3.05) is 7.11 Å². The summed E-state index contributed by atoms with van der Waals surface area (Å²) in [5.41, 5.74) is 0.917. The molecule has 0 radical (unpaired) electrons. The van der Waals surface area contributed by atoms with Crippen LogP contribution in [0.25, 0.3) is 0 Å². The van der Waals surface area contributed by atoms with Crippen LogP contribution >= 0.6 is 23.2 Å². The molecule has 8 heteroatoms. The van der Waals surface area contributed by atoms with Crippen LogP contribution in [0.4, 0.5) is 0 Å². The summed E-state index contributed by atoms with van der Waals surface area (Å²) < 4.78 is 10.8. The molecule has 134 valence electrons. The van der Waals surface area contributed by atoms with E-state index in [1.165, 1.54) is 13.2 Å². The van der Waals surface area contributed by atoms with E-state index in [4.69, 9.17) is 32.4 Å². The summed E-state index contributed by atoms with van der Waals surface area (Å²) in [4.78, 5) is 12.9. The maximum atomic E-state index is 12.9. The lowest BCUT2D eigenvalue weighted by molar-refractivity contribution is 0.0934. The van der Waals surface area contributed by atoms with Gasteiger partial charge in [-0.3, -0.25) is 4.79 Å². The largest absolute Gasteiger partial charge is 0.494 e. The summed E-state index contributed by atoms with van der Waals surface area (Å²) in [6, 6.07) is 11.7. The second-order valence-corrected chi connectivity index (χ2v) is 6.23. The van der Waals surface area contributed by atoms with Crippen LogP contribution in [-0.2, 0) is 0 Å². The molecule has 0 aliphatic heterocycles. The third kappa shape index (κ3) is 3.66. The van der Waals surface area contributed by atoms with Crippen LogP contribution < -0.4 is 10.1 Å². The Balaban J connectivity index is 2.01. The van der Waals surface area contributed by atoms with Crippen molar-refractivity contribution in [3.8, 4) is 5.75 Å². The van der Waals surface area contributed by atoms with Crippen LogP contribution in [0.3, 0.4) is 0 Å². The van der Waals surface area contributed by atoms with Crippen LogP contribution in [0.5, 0.6) is 5.75 Å². The van der Waals surface area contributed by atoms with Crippen LogP contribution in [0.2, 0.25) is 10.0 Å². The number of amides is 1. The molecule has 0 aliphatic rings. The molecule has 1 atom stereocenters. The molecule has 0 aliphatic carbocycles. The van der Waals surface area contributed by atoms with Gasteiger partial charge in [0.1, 0.15) is 11.6 Å². The SMILES string of the molecule is COc1c(Cl)ccc(Cl)c1C(=O)NC(c1ccccc1)c1nnc(C)o1. The zero-order valence-electron chi connectivity index (χ0n) is 14.0. The smallest absolute Gasteiger partial charge is 0.257 e. The summed E-state index contributed by atoms with van der Waals surface area (Å²) in [7, 11) is 1.42. The molecule has 1 N–H and O–H groups in total. The van der Waals surface area contributed by atoms with Gasteiger partial charge in [-0.2, -0.15) is 0 Å². The van der Waals surface area contributed by atoms with E-state index >= 15 is 0 Å². The van der Waals surface area contributed by atoms with Crippen molar-refractivity contribution in [2.24, 2.45) is 0 Å². The Bertz CT molecular complexity index is 929. The van der Waals surface area contributed by atoms with Crippen molar-refractivity contribution < 1.29 is 13.9 Å². The molecular formula is C18H15Cl2N3O3. The Morgan fingerprint density at radius 3 is 2.42 bits per heavy atom. The summed E-state index contributed by atoms with van der Waals surface area (Å²) in [5, 5.41) is 11.2. The van der Waals surface area contributed by atoms with Gasteiger partial charge in [0.15, 0.2) is 5.75 Å². The Morgan fingerprint density at radius 2 is 1.81 bits per heavy atom. The summed E-state index contributed by atoms with van der Waals surface area (Å²) >= 11 is 12.3. The molecule has 3 aromatic rings. The molecule has 1 aromatic heterocycles. The number of aromatic nitrogens is 2. The van der Waals surface area contributed by atoms with E-state index < -0.39 is 11.9 Å². The van der Waals surface area contributed by atoms with E-state index in [1.54, 1.807) is 13.0 Å². The average molecular weight is 392 g/mol. The van der Waals surface area contributed by atoms with Crippen molar-refractivity contribution in [2.45, 2.75) is 13.0 Å². The second-order valence-electron chi connectivity index (χ2n) is 5.41. The molecule has 0 bridgehead atoms. The van der Waals surface area contributed by atoms with E-state index in [0.29, 0.717) is 5.89 Å². The third-order valence-corrected chi connectivity index (χ3v) is 4.30. The number of nitrogens with zero attached hydrogens (tertiary/aromatic N) is 2. The molecule has 3 rings (SSSR count). The number of benzene rings is 2. The molecule has 6 nitrogen and oxygen atoms in total. The zero-order chi connectivity index (χ0) is 18.7. The number of hydrogen-bond donors (Lipinski definition) is 1. The second kappa shape index (κ2) is 7.76. The predicted molar refractivity (Wildman–Crippen MR) is 97.8 cm³/mol. The molecule has 2 aromatic carbocycles. The highest BCUT2D eigenvalue weighted by molar-refractivity contribution is 6.37. The number of halogens is 2. The molecule has 0 saturated carbocycles. The highest BCUT2D eigenvalue weighted by Crippen LogP contribution is 2.34. The first-order valence-electron chi connectivity index (χ1n) is 7.69. The number of rotatable bonds is 5. The lowest BCUT2D eigenvalue weighted by Crippen LogP contribution is -2.30. The van der Waals surface area contributed by atoms with Gasteiger partial charge < -0.3 is 14.5 Å². The number of carbonyl (C=O) groups is 1. The summed E-state index contributed by atoms with van der Waals surface area (Å²) in [6.45, 7) is 1.68. The van der Waals surface area contributed by atoms with Crippen molar-refractivity contribution in [3.63, 3.8) is 0 Å². The van der Waals surface area contributed by atoms with Crippen molar-refractivity contribution in [1.82, 2.24) is 15.5 Å². The predicted octanol–water partition coefficient (Wildman–Crippen LogP) is 4.21. The molecular weight excluding hydrogens is 377 g/mol. The Labute approximate surface area is 160 Å². The average Bonchev–Trinajstić information content (AvgIpc) is 3.07. The standard InChI is InChI=1S/C18H15Cl2N3O3/c1-10-22-23-18(26-10)15(11-6-4-3-5-7-11)21-17(24)14-12(19)8-9-13(20)16(14)25-2/h3-9,15H,1-2H3,(H,21,24). The van der Waals surface area contributed by atoms with Crippen molar-refractivity contribution in [1.29, 1.82) is 0 Å². The minimum absolute atomic E-state index is 0.138. The minimum atomic E-state index is -0.648. The quantitative estimate of drug-likeness (QED) is 0.704. The normalized spacial score (nSPS) is 11.8. The van der Waals surface area contributed by atoms with Crippen LogP contribution in [0.1, 0.15) is 33.7 Å². The van der Waals surface area contributed by atoms with Gasteiger partial charge in [-0.25, -0.2) is 0 Å². The lowest BCUT2D eigenvalue weighted by Gasteiger charge is -2.18. The molecule has 1 unspecified atom stereocenters. The van der Waals surface area contributed by atoms with Gasteiger partial charge in [-0.05, 0) is 17.7 Å². The molecule has 1 amide bonds. The van der Waals surface area contributed by atoms with Gasteiger partial charge in [0, 0.05) is 6.92 Å². The van der Waals surface area contributed by atoms with Gasteiger partial charge in [-0.1, -0.05) is 53.5 Å². The van der Waals surface area contributed by atoms with Crippen LogP contribution in [0.15, 0.2) is 46.9 Å². The number of aryl methyl sites for hydroxylation is 1. The van der Waals surface area contributed by atoms with E-state index in [-0.39, 0.29) is 27.2 Å². The Morgan fingerprint density at radius 1 is 1.12 bits per heavy atom. The monoisotopic (exact) mass is 391 g/mol. The van der Waals surface area contributed by atoms with Gasteiger partial charge in [0.25, 0.3) is 5.91 Å².